The lowest BCUT2D eigenvalue weighted by molar-refractivity contribution is 0.145. The number of nitrogens with zero attached hydrogens (tertiary/aromatic N) is 1. The van der Waals surface area contributed by atoms with E-state index < -0.39 is 6.10 Å². The van der Waals surface area contributed by atoms with Gasteiger partial charge in [0.15, 0.2) is 0 Å². The SMILES string of the molecule is CCCN(C)CCC(O)c1ccccc1F. The Morgan fingerprint density at radius 1 is 1.31 bits per heavy atom. The fourth-order valence-corrected chi connectivity index (χ4v) is 1.74. The van der Waals surface area contributed by atoms with Crippen molar-refractivity contribution in [3.05, 3.63) is 35.6 Å². The fraction of sp³-hybridized carbons (Fsp3) is 0.538. The molecule has 0 aliphatic carbocycles. The van der Waals surface area contributed by atoms with Crippen LogP contribution in [0.15, 0.2) is 24.3 Å². The second-order valence-electron chi connectivity index (χ2n) is 4.13. The summed E-state index contributed by atoms with van der Waals surface area (Å²) in [7, 11) is 2.01. The van der Waals surface area contributed by atoms with Crippen LogP contribution >= 0.6 is 0 Å². The molecule has 1 unspecified atom stereocenters. The molecule has 0 radical (unpaired) electrons. The van der Waals surface area contributed by atoms with Crippen LogP contribution < -0.4 is 0 Å². The van der Waals surface area contributed by atoms with E-state index in [1.807, 2.05) is 7.05 Å². The Morgan fingerprint density at radius 3 is 2.62 bits per heavy atom. The van der Waals surface area contributed by atoms with Crippen molar-refractivity contribution in [3.8, 4) is 0 Å². The average Bonchev–Trinajstić information content (AvgIpc) is 2.27. The largest absolute Gasteiger partial charge is 0.388 e. The normalized spacial score (nSPS) is 13.1. The van der Waals surface area contributed by atoms with Crippen molar-refractivity contribution in [2.45, 2.75) is 25.9 Å². The highest BCUT2D eigenvalue weighted by Crippen LogP contribution is 2.19. The van der Waals surface area contributed by atoms with E-state index in [0.717, 1.165) is 19.5 Å². The topological polar surface area (TPSA) is 23.5 Å². The summed E-state index contributed by atoms with van der Waals surface area (Å²) in [6, 6.07) is 6.40. The minimum atomic E-state index is -0.708. The lowest BCUT2D eigenvalue weighted by Crippen LogP contribution is -2.22. The highest BCUT2D eigenvalue weighted by molar-refractivity contribution is 5.19. The molecule has 0 heterocycles. The number of benzene rings is 1. The molecule has 0 fully saturated rings. The number of aliphatic hydroxyl groups excluding tert-OH is 1. The summed E-state index contributed by atoms with van der Waals surface area (Å²) in [6.07, 6.45) is 0.949. The second-order valence-corrected chi connectivity index (χ2v) is 4.13. The van der Waals surface area contributed by atoms with Gasteiger partial charge in [-0.25, -0.2) is 4.39 Å². The minimum absolute atomic E-state index is 0.326. The van der Waals surface area contributed by atoms with Crippen LogP contribution in [0.3, 0.4) is 0 Å². The van der Waals surface area contributed by atoms with E-state index in [0.29, 0.717) is 12.0 Å². The van der Waals surface area contributed by atoms with Gasteiger partial charge in [0.2, 0.25) is 0 Å². The molecule has 1 N–H and O–H groups in total. The van der Waals surface area contributed by atoms with Gasteiger partial charge in [-0.1, -0.05) is 25.1 Å². The summed E-state index contributed by atoms with van der Waals surface area (Å²) < 4.78 is 13.3. The van der Waals surface area contributed by atoms with Crippen molar-refractivity contribution in [1.82, 2.24) is 4.90 Å². The second kappa shape index (κ2) is 6.61. The van der Waals surface area contributed by atoms with Crippen LogP contribution in [0.2, 0.25) is 0 Å². The van der Waals surface area contributed by atoms with E-state index >= 15 is 0 Å². The van der Waals surface area contributed by atoms with Gasteiger partial charge in [-0.15, -0.1) is 0 Å². The Bertz CT molecular complexity index is 317. The van der Waals surface area contributed by atoms with Crippen LogP contribution in [-0.4, -0.2) is 30.1 Å². The van der Waals surface area contributed by atoms with Gasteiger partial charge >= 0.3 is 0 Å². The molecule has 90 valence electrons. The zero-order valence-electron chi connectivity index (χ0n) is 9.99. The van der Waals surface area contributed by atoms with Gasteiger partial charge in [0.05, 0.1) is 6.10 Å². The number of rotatable bonds is 6. The Morgan fingerprint density at radius 2 is 2.00 bits per heavy atom. The van der Waals surface area contributed by atoms with E-state index in [4.69, 9.17) is 0 Å². The molecule has 0 saturated heterocycles. The van der Waals surface area contributed by atoms with Crippen molar-refractivity contribution in [2.75, 3.05) is 20.1 Å². The first kappa shape index (κ1) is 13.1. The van der Waals surface area contributed by atoms with Gasteiger partial charge in [-0.3, -0.25) is 0 Å². The number of halogens is 1. The van der Waals surface area contributed by atoms with Gasteiger partial charge in [0.1, 0.15) is 5.82 Å². The maximum absolute atomic E-state index is 13.3. The summed E-state index contributed by atoms with van der Waals surface area (Å²) in [5.74, 6) is -0.326. The van der Waals surface area contributed by atoms with Crippen molar-refractivity contribution < 1.29 is 9.50 Å². The Hall–Kier alpha value is -0.930. The molecular formula is C13H20FNO. The molecule has 1 aromatic rings. The standard InChI is InChI=1S/C13H20FNO/c1-3-9-15(2)10-8-13(16)11-6-4-5-7-12(11)14/h4-7,13,16H,3,8-10H2,1-2H3. The number of hydrogen-bond acceptors (Lipinski definition) is 2. The molecule has 0 spiro atoms. The quantitative estimate of drug-likeness (QED) is 0.804. The molecule has 0 bridgehead atoms. The van der Waals surface area contributed by atoms with E-state index in [2.05, 4.69) is 11.8 Å². The third-order valence-corrected chi connectivity index (χ3v) is 2.65. The maximum atomic E-state index is 13.3. The summed E-state index contributed by atoms with van der Waals surface area (Å²) in [5.41, 5.74) is 0.396. The molecule has 0 aliphatic rings. The lowest BCUT2D eigenvalue weighted by atomic mass is 10.1. The first-order valence-electron chi connectivity index (χ1n) is 5.76. The zero-order chi connectivity index (χ0) is 12.0. The molecule has 0 amide bonds. The maximum Gasteiger partial charge on any atom is 0.128 e. The van der Waals surface area contributed by atoms with Gasteiger partial charge in [0.25, 0.3) is 0 Å². The van der Waals surface area contributed by atoms with Gasteiger partial charge in [-0.05, 0) is 32.5 Å². The smallest absolute Gasteiger partial charge is 0.128 e. The first-order chi connectivity index (χ1) is 7.65. The molecule has 16 heavy (non-hydrogen) atoms. The third kappa shape index (κ3) is 3.91. The van der Waals surface area contributed by atoms with Crippen LogP contribution in [0.25, 0.3) is 0 Å². The predicted octanol–water partition coefficient (Wildman–Crippen LogP) is 2.59. The lowest BCUT2D eigenvalue weighted by Gasteiger charge is -2.18. The summed E-state index contributed by atoms with van der Waals surface area (Å²) in [4.78, 5) is 2.14. The van der Waals surface area contributed by atoms with Crippen molar-refractivity contribution in [1.29, 1.82) is 0 Å². The average molecular weight is 225 g/mol. The van der Waals surface area contributed by atoms with Crippen LogP contribution in [0.1, 0.15) is 31.4 Å². The van der Waals surface area contributed by atoms with E-state index in [9.17, 15) is 9.50 Å². The van der Waals surface area contributed by atoms with E-state index in [-0.39, 0.29) is 5.82 Å². The Kier molecular flexibility index (Phi) is 5.43. The molecule has 2 nitrogen and oxygen atoms in total. The molecule has 1 aromatic carbocycles. The predicted molar refractivity (Wildman–Crippen MR) is 63.8 cm³/mol. The number of aliphatic hydroxyl groups is 1. The summed E-state index contributed by atoms with van der Waals surface area (Å²) in [5, 5.41) is 9.85. The van der Waals surface area contributed by atoms with Gasteiger partial charge < -0.3 is 10.0 Å². The van der Waals surface area contributed by atoms with Crippen molar-refractivity contribution in [2.24, 2.45) is 0 Å². The monoisotopic (exact) mass is 225 g/mol. The van der Waals surface area contributed by atoms with Crippen LogP contribution in [0, 0.1) is 5.82 Å². The molecule has 0 aromatic heterocycles. The molecule has 1 rings (SSSR count). The van der Waals surface area contributed by atoms with Gasteiger partial charge in [0, 0.05) is 12.1 Å². The minimum Gasteiger partial charge on any atom is -0.388 e. The molecule has 1 atom stereocenters. The molecular weight excluding hydrogens is 205 g/mol. The van der Waals surface area contributed by atoms with E-state index in [1.165, 1.54) is 6.07 Å². The van der Waals surface area contributed by atoms with Crippen molar-refractivity contribution in [3.63, 3.8) is 0 Å². The van der Waals surface area contributed by atoms with Gasteiger partial charge in [-0.2, -0.15) is 0 Å². The molecule has 3 heteroatoms. The van der Waals surface area contributed by atoms with Crippen LogP contribution in [0.5, 0.6) is 0 Å². The Balaban J connectivity index is 2.46. The number of hydrogen-bond donors (Lipinski definition) is 1. The zero-order valence-corrected chi connectivity index (χ0v) is 9.99. The van der Waals surface area contributed by atoms with Crippen LogP contribution in [0.4, 0.5) is 4.39 Å². The molecule has 0 aliphatic heterocycles. The molecule has 0 saturated carbocycles. The summed E-state index contributed by atoms with van der Waals surface area (Å²) >= 11 is 0. The van der Waals surface area contributed by atoms with Crippen LogP contribution in [-0.2, 0) is 0 Å². The Labute approximate surface area is 96.7 Å². The van der Waals surface area contributed by atoms with E-state index in [1.54, 1.807) is 18.2 Å². The first-order valence-corrected chi connectivity index (χ1v) is 5.76. The van der Waals surface area contributed by atoms with Crippen molar-refractivity contribution >= 4 is 0 Å². The third-order valence-electron chi connectivity index (χ3n) is 2.65. The highest BCUT2D eigenvalue weighted by Gasteiger charge is 2.12. The summed E-state index contributed by atoms with van der Waals surface area (Å²) in [6.45, 7) is 3.90. The fourth-order valence-electron chi connectivity index (χ4n) is 1.74. The highest BCUT2D eigenvalue weighted by atomic mass is 19.1.